The molecule has 2 aromatic carbocycles. The maximum Gasteiger partial charge on any atom is 0.317 e. The number of nitrogens with zero attached hydrogens (tertiary/aromatic N) is 5. The van der Waals surface area contributed by atoms with E-state index in [0.717, 1.165) is 0 Å². The third kappa shape index (κ3) is 6.42. The van der Waals surface area contributed by atoms with E-state index in [1.807, 2.05) is 0 Å². The van der Waals surface area contributed by atoms with Gasteiger partial charge in [0.05, 0.1) is 22.5 Å². The van der Waals surface area contributed by atoms with Gasteiger partial charge in [-0.15, -0.1) is 0 Å². The van der Waals surface area contributed by atoms with Crippen molar-refractivity contribution in [1.29, 1.82) is 5.26 Å². The van der Waals surface area contributed by atoms with Crippen LogP contribution in [0.1, 0.15) is 21.0 Å². The molecule has 3 aromatic rings. The van der Waals surface area contributed by atoms with Gasteiger partial charge in [-0.25, -0.2) is 14.2 Å². The third-order valence-corrected chi connectivity index (χ3v) is 6.85. The van der Waals surface area contributed by atoms with Crippen molar-refractivity contribution in [3.63, 3.8) is 0 Å². The van der Waals surface area contributed by atoms with Crippen LogP contribution in [0.25, 0.3) is 11.3 Å². The SMILES string of the molecule is Cn1c(-c2ccc(OCC#N)c(F)c2F)cnc1C(=O)Nc1ccc(C(=O)N2CCN(C(=O)NCCN)CC2)c(Cl)c1. The summed E-state index contributed by atoms with van der Waals surface area (Å²) in [6.07, 6.45) is 1.22. The number of imidazole rings is 1. The Labute approximate surface area is 244 Å². The number of nitriles is 1. The van der Waals surface area contributed by atoms with E-state index in [4.69, 9.17) is 27.3 Å². The molecule has 0 unspecified atom stereocenters. The number of nitrogens with two attached hydrogens (primary N) is 1. The zero-order valence-electron chi connectivity index (χ0n) is 22.5. The molecule has 0 spiro atoms. The molecule has 0 saturated carbocycles. The van der Waals surface area contributed by atoms with E-state index in [9.17, 15) is 23.2 Å². The van der Waals surface area contributed by atoms with Crippen LogP contribution in [0.2, 0.25) is 5.02 Å². The van der Waals surface area contributed by atoms with Crippen LogP contribution in [0.15, 0.2) is 36.5 Å². The van der Waals surface area contributed by atoms with E-state index in [1.54, 1.807) is 15.9 Å². The highest BCUT2D eigenvalue weighted by Gasteiger charge is 2.26. The molecule has 1 aromatic heterocycles. The van der Waals surface area contributed by atoms with Gasteiger partial charge in [0, 0.05) is 57.6 Å². The Hall–Kier alpha value is -4.74. The summed E-state index contributed by atoms with van der Waals surface area (Å²) in [5.41, 5.74) is 5.89. The smallest absolute Gasteiger partial charge is 0.317 e. The summed E-state index contributed by atoms with van der Waals surface area (Å²) in [6.45, 7) is 1.61. The molecular weight excluding hydrogens is 574 g/mol. The van der Waals surface area contributed by atoms with Crippen molar-refractivity contribution >= 4 is 35.1 Å². The van der Waals surface area contributed by atoms with Crippen LogP contribution in [-0.2, 0) is 7.05 Å². The molecule has 0 aliphatic carbocycles. The maximum atomic E-state index is 14.7. The van der Waals surface area contributed by atoms with Gasteiger partial charge in [0.15, 0.2) is 24.0 Å². The number of piperazine rings is 1. The second-order valence-corrected chi connectivity index (χ2v) is 9.57. The molecule has 1 aliphatic rings. The first-order valence-electron chi connectivity index (χ1n) is 12.8. The minimum atomic E-state index is -1.27. The van der Waals surface area contributed by atoms with Crippen LogP contribution in [0.3, 0.4) is 0 Å². The van der Waals surface area contributed by atoms with Crippen LogP contribution >= 0.6 is 11.6 Å². The van der Waals surface area contributed by atoms with Crippen molar-refractivity contribution in [3.8, 4) is 23.1 Å². The first-order valence-corrected chi connectivity index (χ1v) is 13.2. The second-order valence-electron chi connectivity index (χ2n) is 9.16. The minimum absolute atomic E-state index is 0.0979. The number of nitrogens with one attached hydrogen (secondary N) is 2. The number of ether oxygens (including phenoxy) is 1. The Kier molecular flexibility index (Phi) is 9.56. The number of benzene rings is 2. The predicted molar refractivity (Wildman–Crippen MR) is 149 cm³/mol. The lowest BCUT2D eigenvalue weighted by Gasteiger charge is -2.34. The Morgan fingerprint density at radius 1 is 1.12 bits per heavy atom. The van der Waals surface area contributed by atoms with Gasteiger partial charge in [0.2, 0.25) is 5.82 Å². The molecule has 4 rings (SSSR count). The number of amides is 4. The average Bonchev–Trinajstić information content (AvgIpc) is 3.37. The van der Waals surface area contributed by atoms with E-state index in [0.29, 0.717) is 39.3 Å². The van der Waals surface area contributed by atoms with E-state index in [-0.39, 0.29) is 45.3 Å². The van der Waals surface area contributed by atoms with Crippen molar-refractivity contribution in [2.45, 2.75) is 0 Å². The molecule has 1 saturated heterocycles. The highest BCUT2D eigenvalue weighted by atomic mass is 35.5. The number of carbonyl (C=O) groups is 3. The molecule has 15 heteroatoms. The van der Waals surface area contributed by atoms with Crippen molar-refractivity contribution in [2.75, 3.05) is 51.2 Å². The van der Waals surface area contributed by atoms with Gasteiger partial charge >= 0.3 is 6.03 Å². The minimum Gasteiger partial charge on any atom is -0.476 e. The first kappa shape index (κ1) is 30.2. The summed E-state index contributed by atoms with van der Waals surface area (Å²) < 4.78 is 35.3. The summed E-state index contributed by atoms with van der Waals surface area (Å²) in [6, 6.07) is 8.30. The number of aromatic nitrogens is 2. The molecule has 220 valence electrons. The number of urea groups is 1. The monoisotopic (exact) mass is 600 g/mol. The number of rotatable bonds is 8. The molecule has 0 bridgehead atoms. The second kappa shape index (κ2) is 13.3. The van der Waals surface area contributed by atoms with Gasteiger partial charge in [0.25, 0.3) is 11.8 Å². The highest BCUT2D eigenvalue weighted by molar-refractivity contribution is 6.34. The fourth-order valence-electron chi connectivity index (χ4n) is 4.35. The van der Waals surface area contributed by atoms with Gasteiger partial charge in [-0.2, -0.15) is 9.65 Å². The highest BCUT2D eigenvalue weighted by Crippen LogP contribution is 2.30. The lowest BCUT2D eigenvalue weighted by Crippen LogP contribution is -2.53. The Balaban J connectivity index is 1.42. The summed E-state index contributed by atoms with van der Waals surface area (Å²) in [7, 11) is 1.46. The van der Waals surface area contributed by atoms with E-state index in [2.05, 4.69) is 15.6 Å². The number of hydrogen-bond acceptors (Lipinski definition) is 7. The van der Waals surface area contributed by atoms with Gasteiger partial charge in [-0.05, 0) is 30.3 Å². The summed E-state index contributed by atoms with van der Waals surface area (Å²) in [4.78, 5) is 45.4. The summed E-state index contributed by atoms with van der Waals surface area (Å²) in [5, 5.41) is 14.0. The molecule has 1 aliphatic heterocycles. The molecule has 42 heavy (non-hydrogen) atoms. The number of carbonyl (C=O) groups excluding carboxylic acids is 3. The first-order chi connectivity index (χ1) is 20.2. The molecule has 1 fully saturated rings. The van der Waals surface area contributed by atoms with E-state index in [1.165, 1.54) is 48.1 Å². The quantitative estimate of drug-likeness (QED) is 0.358. The molecule has 0 radical (unpaired) electrons. The summed E-state index contributed by atoms with van der Waals surface area (Å²) in [5.74, 6) is -3.97. The lowest BCUT2D eigenvalue weighted by atomic mass is 10.1. The van der Waals surface area contributed by atoms with Crippen LogP contribution in [0, 0.1) is 23.0 Å². The molecule has 2 heterocycles. The normalized spacial score (nSPS) is 13.0. The van der Waals surface area contributed by atoms with E-state index >= 15 is 0 Å². The van der Waals surface area contributed by atoms with Gasteiger partial charge in [-0.3, -0.25) is 9.59 Å². The number of anilines is 1. The van der Waals surface area contributed by atoms with Gasteiger partial charge in [0.1, 0.15) is 6.07 Å². The van der Waals surface area contributed by atoms with E-state index < -0.39 is 29.9 Å². The molecule has 0 atom stereocenters. The number of hydrogen-bond donors (Lipinski definition) is 3. The zero-order chi connectivity index (χ0) is 30.4. The molecule has 12 nitrogen and oxygen atoms in total. The molecule has 4 N–H and O–H groups in total. The van der Waals surface area contributed by atoms with Crippen LogP contribution < -0.4 is 21.1 Å². The topological polar surface area (TPSA) is 159 Å². The van der Waals surface area contributed by atoms with Crippen molar-refractivity contribution in [1.82, 2.24) is 24.7 Å². The number of halogens is 3. The van der Waals surface area contributed by atoms with Gasteiger partial charge < -0.3 is 35.5 Å². The van der Waals surface area contributed by atoms with Crippen molar-refractivity contribution < 1.29 is 27.9 Å². The largest absolute Gasteiger partial charge is 0.476 e. The van der Waals surface area contributed by atoms with Gasteiger partial charge in [-0.1, -0.05) is 11.6 Å². The molecular formula is C27H27ClF2N8O4. The lowest BCUT2D eigenvalue weighted by molar-refractivity contribution is 0.0665. The maximum absolute atomic E-state index is 14.7. The standard InChI is InChI=1S/C27H27ClF2N8O4/c1-36-20(18-4-5-21(42-13-7-32)23(30)22(18)29)15-34-24(36)25(39)35-16-2-3-17(19(28)14-16)26(40)37-9-11-38(12-10-37)27(41)33-8-6-31/h2-5,14-15H,6,8-13,31H2,1H3,(H,33,41)(H,35,39). The molecule has 4 amide bonds. The van der Waals surface area contributed by atoms with Crippen molar-refractivity contribution in [2.24, 2.45) is 12.8 Å². The third-order valence-electron chi connectivity index (χ3n) is 6.54. The Bertz CT molecular complexity index is 1550. The Morgan fingerprint density at radius 3 is 2.50 bits per heavy atom. The van der Waals surface area contributed by atoms with Crippen LogP contribution in [0.5, 0.6) is 5.75 Å². The fraction of sp³-hybridized carbons (Fsp3) is 0.296. The zero-order valence-corrected chi connectivity index (χ0v) is 23.3. The fourth-order valence-corrected chi connectivity index (χ4v) is 4.61. The average molecular weight is 601 g/mol. The summed E-state index contributed by atoms with van der Waals surface area (Å²) >= 11 is 6.39. The van der Waals surface area contributed by atoms with Crippen LogP contribution in [0.4, 0.5) is 19.3 Å². The predicted octanol–water partition coefficient (Wildman–Crippen LogP) is 2.60. The van der Waals surface area contributed by atoms with Crippen LogP contribution in [-0.4, -0.2) is 83.1 Å². The Morgan fingerprint density at radius 2 is 1.83 bits per heavy atom. The van der Waals surface area contributed by atoms with Crippen molar-refractivity contribution in [3.05, 3.63) is 64.6 Å².